The van der Waals surface area contributed by atoms with E-state index in [9.17, 15) is 4.79 Å². The smallest absolute Gasteiger partial charge is 0.302 e. The fourth-order valence-corrected chi connectivity index (χ4v) is 10.9. The van der Waals surface area contributed by atoms with Gasteiger partial charge in [-0.25, -0.2) is 0 Å². The van der Waals surface area contributed by atoms with Crippen molar-refractivity contribution in [3.8, 4) is 0 Å². The predicted molar refractivity (Wildman–Crippen MR) is 92.1 cm³/mol. The number of ether oxygens (including phenoxy) is 1. The molecule has 5 rings (SSSR count). The first-order chi connectivity index (χ1) is 10.5. The summed E-state index contributed by atoms with van der Waals surface area (Å²) in [6.45, 7) is 1.41. The standard InChI is InChI=1S/C15H14Cl6O2/c1-4(22)23-10-5-2-6-7(3-5)12(17)11(16)13(18)9(10)8(6)14(12,19)15(13,20)21/h5-11H,2-3H2,1H3/t5-,6+,7?,8-,9-,10+,11?,12?,13+,14-/m0/s1. The van der Waals surface area contributed by atoms with Crippen LogP contribution in [0, 0.1) is 29.6 Å². The molecule has 0 amide bonds. The number of hydrogen-bond donors (Lipinski definition) is 0. The van der Waals surface area contributed by atoms with Gasteiger partial charge in [-0.15, -0.1) is 46.4 Å². The molecule has 0 aromatic rings. The van der Waals surface area contributed by atoms with Crippen molar-refractivity contribution in [2.45, 2.75) is 50.2 Å². The van der Waals surface area contributed by atoms with Crippen molar-refractivity contribution >= 4 is 75.6 Å². The molecule has 2 nitrogen and oxygen atoms in total. The molecule has 0 aliphatic heterocycles. The number of fused-ring (bicyclic) bond motifs is 4. The zero-order valence-electron chi connectivity index (χ0n) is 12.0. The Kier molecular flexibility index (Phi) is 2.99. The number of rotatable bonds is 1. The van der Waals surface area contributed by atoms with Gasteiger partial charge < -0.3 is 4.74 Å². The van der Waals surface area contributed by atoms with Crippen molar-refractivity contribution in [1.82, 2.24) is 0 Å². The minimum atomic E-state index is -1.47. The Morgan fingerprint density at radius 3 is 2.30 bits per heavy atom. The summed E-state index contributed by atoms with van der Waals surface area (Å²) in [5.74, 6) is -0.0846. The lowest BCUT2D eigenvalue weighted by Crippen LogP contribution is -2.61. The molecular weight excluding hydrogens is 425 g/mol. The van der Waals surface area contributed by atoms with Crippen LogP contribution in [0.4, 0.5) is 0 Å². The Bertz CT molecular complexity index is 641. The van der Waals surface area contributed by atoms with E-state index in [0.717, 1.165) is 12.8 Å². The molecule has 23 heavy (non-hydrogen) atoms. The zero-order chi connectivity index (χ0) is 16.7. The molecule has 5 aliphatic carbocycles. The Balaban J connectivity index is 1.79. The molecule has 10 atom stereocenters. The maximum Gasteiger partial charge on any atom is 0.302 e. The van der Waals surface area contributed by atoms with Crippen LogP contribution in [-0.2, 0) is 9.53 Å². The third-order valence-electron chi connectivity index (χ3n) is 7.33. The molecule has 5 fully saturated rings. The molecule has 4 bridgehead atoms. The quantitative estimate of drug-likeness (QED) is 0.443. The highest BCUT2D eigenvalue weighted by Gasteiger charge is 2.98. The Labute approximate surface area is 164 Å². The van der Waals surface area contributed by atoms with E-state index in [1.807, 2.05) is 0 Å². The number of alkyl halides is 6. The lowest BCUT2D eigenvalue weighted by molar-refractivity contribution is -0.158. The van der Waals surface area contributed by atoms with Gasteiger partial charge in [0.1, 0.15) is 15.9 Å². The topological polar surface area (TPSA) is 26.3 Å². The van der Waals surface area contributed by atoms with E-state index in [4.69, 9.17) is 74.3 Å². The van der Waals surface area contributed by atoms with Crippen LogP contribution in [0.25, 0.3) is 0 Å². The Hall–Kier alpha value is 1.21. The second kappa shape index (κ2) is 4.20. The fourth-order valence-electron chi connectivity index (χ4n) is 6.90. The van der Waals surface area contributed by atoms with Gasteiger partial charge in [-0.05, 0) is 36.5 Å². The Morgan fingerprint density at radius 1 is 1.04 bits per heavy atom. The van der Waals surface area contributed by atoms with Gasteiger partial charge in [0.25, 0.3) is 0 Å². The molecule has 0 N–H and O–H groups in total. The minimum Gasteiger partial charge on any atom is -0.462 e. The largest absolute Gasteiger partial charge is 0.462 e. The molecule has 0 aromatic carbocycles. The molecule has 0 saturated heterocycles. The van der Waals surface area contributed by atoms with Gasteiger partial charge in [0.05, 0.1) is 10.3 Å². The molecule has 0 spiro atoms. The van der Waals surface area contributed by atoms with Gasteiger partial charge in [0.15, 0.2) is 4.33 Å². The third-order valence-corrected chi connectivity index (χ3v) is 12.4. The van der Waals surface area contributed by atoms with Crippen molar-refractivity contribution in [2.75, 3.05) is 0 Å². The summed E-state index contributed by atoms with van der Waals surface area (Å²) in [5, 5.41) is -0.681. The number of carbonyl (C=O) groups is 1. The van der Waals surface area contributed by atoms with E-state index in [-0.39, 0.29) is 41.7 Å². The van der Waals surface area contributed by atoms with E-state index in [1.54, 1.807) is 0 Å². The van der Waals surface area contributed by atoms with Crippen LogP contribution in [0.3, 0.4) is 0 Å². The molecule has 8 heteroatoms. The molecule has 5 aliphatic rings. The number of halogens is 6. The lowest BCUT2D eigenvalue weighted by Gasteiger charge is -2.51. The predicted octanol–water partition coefficient (Wildman–Crippen LogP) is 4.56. The molecular formula is C15H14Cl6O2. The number of carbonyl (C=O) groups excluding carboxylic acids is 1. The first-order valence-corrected chi connectivity index (χ1v) is 10.1. The van der Waals surface area contributed by atoms with E-state index in [1.165, 1.54) is 6.92 Å². The van der Waals surface area contributed by atoms with Crippen LogP contribution in [0.15, 0.2) is 0 Å². The van der Waals surface area contributed by atoms with Gasteiger partial charge in [0.2, 0.25) is 0 Å². The zero-order valence-corrected chi connectivity index (χ0v) is 16.6. The third kappa shape index (κ3) is 1.28. The highest BCUT2D eigenvalue weighted by Crippen LogP contribution is 2.89. The number of hydrogen-bond acceptors (Lipinski definition) is 2. The van der Waals surface area contributed by atoms with Gasteiger partial charge in [-0.2, -0.15) is 0 Å². The normalized spacial score (nSPS) is 66.3. The fraction of sp³-hybridized carbons (Fsp3) is 0.933. The summed E-state index contributed by atoms with van der Waals surface area (Å²) in [5.41, 5.74) is 0. The highest BCUT2D eigenvalue weighted by atomic mass is 35.5. The highest BCUT2D eigenvalue weighted by molar-refractivity contribution is 6.63. The summed E-state index contributed by atoms with van der Waals surface area (Å²) in [6.07, 6.45) is 1.39. The van der Waals surface area contributed by atoms with E-state index >= 15 is 0 Å². The maximum absolute atomic E-state index is 11.7. The van der Waals surface area contributed by atoms with Crippen molar-refractivity contribution in [2.24, 2.45) is 29.6 Å². The lowest BCUT2D eigenvalue weighted by atomic mass is 9.65. The van der Waals surface area contributed by atoms with Gasteiger partial charge in [-0.3, -0.25) is 4.79 Å². The van der Waals surface area contributed by atoms with Crippen LogP contribution < -0.4 is 0 Å². The summed E-state index contributed by atoms with van der Waals surface area (Å²) < 4.78 is 4.21. The number of esters is 1. The average molecular weight is 439 g/mol. The SMILES string of the molecule is CC(=O)O[C@@H]1[C@@H]2CC3[C@@H](C2)[C@H]2[C@@H]1[C@@]1(Cl)C(Cl)C3(Cl)[C@]2(Cl)C1(Cl)Cl. The van der Waals surface area contributed by atoms with Gasteiger partial charge >= 0.3 is 5.97 Å². The van der Waals surface area contributed by atoms with Crippen molar-refractivity contribution in [3.05, 3.63) is 0 Å². The first kappa shape index (κ1) is 16.4. The van der Waals surface area contributed by atoms with Crippen LogP contribution in [0.1, 0.15) is 19.8 Å². The molecule has 5 saturated carbocycles. The molecule has 3 unspecified atom stereocenters. The van der Waals surface area contributed by atoms with Crippen LogP contribution in [0.2, 0.25) is 0 Å². The summed E-state index contributed by atoms with van der Waals surface area (Å²) >= 11 is 41.5. The molecule has 0 aromatic heterocycles. The minimum absolute atomic E-state index is 0.0859. The molecule has 0 heterocycles. The van der Waals surface area contributed by atoms with Crippen molar-refractivity contribution in [3.63, 3.8) is 0 Å². The second-order valence-corrected chi connectivity index (χ2v) is 11.4. The summed E-state index contributed by atoms with van der Waals surface area (Å²) in [7, 11) is 0. The molecule has 0 radical (unpaired) electrons. The monoisotopic (exact) mass is 436 g/mol. The van der Waals surface area contributed by atoms with Crippen molar-refractivity contribution < 1.29 is 9.53 Å². The van der Waals surface area contributed by atoms with Crippen LogP contribution in [-0.4, -0.2) is 36.4 Å². The van der Waals surface area contributed by atoms with Crippen molar-refractivity contribution in [1.29, 1.82) is 0 Å². The first-order valence-electron chi connectivity index (χ1n) is 7.80. The van der Waals surface area contributed by atoms with Crippen LogP contribution >= 0.6 is 69.6 Å². The van der Waals surface area contributed by atoms with Gasteiger partial charge in [0, 0.05) is 12.8 Å². The summed E-state index contributed by atoms with van der Waals surface area (Å²) in [6, 6.07) is 0. The van der Waals surface area contributed by atoms with E-state index in [0.29, 0.717) is 0 Å². The average Bonchev–Trinajstić information content (AvgIpc) is 2.98. The van der Waals surface area contributed by atoms with E-state index in [2.05, 4.69) is 0 Å². The maximum atomic E-state index is 11.7. The Morgan fingerprint density at radius 2 is 1.70 bits per heavy atom. The summed E-state index contributed by atoms with van der Waals surface area (Å²) in [4.78, 5) is 8.41. The second-order valence-electron chi connectivity index (χ2n) is 7.81. The van der Waals surface area contributed by atoms with E-state index < -0.39 is 24.3 Å². The van der Waals surface area contributed by atoms with Gasteiger partial charge in [-0.1, -0.05) is 23.2 Å². The molecule has 128 valence electrons. The van der Waals surface area contributed by atoms with Crippen LogP contribution in [0.5, 0.6) is 0 Å².